The van der Waals surface area contributed by atoms with Crippen molar-refractivity contribution in [3.63, 3.8) is 0 Å². The van der Waals surface area contributed by atoms with Gasteiger partial charge in [0.25, 0.3) is 0 Å². The first-order chi connectivity index (χ1) is 16.5. The average molecular weight is 475 g/mol. The summed E-state index contributed by atoms with van der Waals surface area (Å²) >= 11 is 1.36. The molecule has 1 aliphatic heterocycles. The number of fused-ring (bicyclic) bond motifs is 1. The Morgan fingerprint density at radius 3 is 2.74 bits per heavy atom. The molecule has 2 atom stereocenters. The van der Waals surface area contributed by atoms with E-state index in [9.17, 15) is 9.59 Å². The van der Waals surface area contributed by atoms with Crippen LogP contribution in [0.5, 0.6) is 0 Å². The van der Waals surface area contributed by atoms with Crippen molar-refractivity contribution >= 4 is 40.4 Å². The SMILES string of the molecule is Cc1ccc2nc(SCC(=O)[N+]3(C(=O)Nc4ccccc4-n4cccc4)CCC[C@H]3C)[nH]c2c1. The normalized spacial score (nSPS) is 20.0. The van der Waals surface area contributed by atoms with Gasteiger partial charge in [0, 0.05) is 25.2 Å². The maximum absolute atomic E-state index is 13.7. The number of hydrogen-bond acceptors (Lipinski definition) is 4. The minimum atomic E-state index is -0.268. The lowest BCUT2D eigenvalue weighted by atomic mass is 10.2. The van der Waals surface area contributed by atoms with Gasteiger partial charge in [-0.1, -0.05) is 30.0 Å². The van der Waals surface area contributed by atoms with Crippen LogP contribution in [0.4, 0.5) is 10.5 Å². The number of aromatic nitrogens is 3. The van der Waals surface area contributed by atoms with Crippen LogP contribution in [0, 0.1) is 6.92 Å². The molecule has 34 heavy (non-hydrogen) atoms. The number of para-hydroxylation sites is 2. The largest absolute Gasteiger partial charge is 0.428 e. The molecule has 8 heteroatoms. The number of hydrogen-bond donors (Lipinski definition) is 2. The zero-order valence-corrected chi connectivity index (χ0v) is 20.1. The molecule has 7 nitrogen and oxygen atoms in total. The Balaban J connectivity index is 1.37. The number of imide groups is 1. The summed E-state index contributed by atoms with van der Waals surface area (Å²) in [4.78, 5) is 35.2. The first kappa shape index (κ1) is 22.4. The molecule has 1 fully saturated rings. The topological polar surface area (TPSA) is 79.8 Å². The summed E-state index contributed by atoms with van der Waals surface area (Å²) < 4.78 is 1.76. The van der Waals surface area contributed by atoms with Crippen LogP contribution in [0.15, 0.2) is 72.1 Å². The van der Waals surface area contributed by atoms with Crippen LogP contribution in [-0.4, -0.2) is 49.3 Å². The molecule has 2 aromatic heterocycles. The molecule has 5 rings (SSSR count). The van der Waals surface area contributed by atoms with Crippen molar-refractivity contribution in [3.05, 3.63) is 72.6 Å². The molecular formula is C26H28N5O2S+. The zero-order valence-electron chi connectivity index (χ0n) is 19.3. The van der Waals surface area contributed by atoms with Crippen molar-refractivity contribution in [2.75, 3.05) is 17.6 Å². The molecule has 3 amide bonds. The van der Waals surface area contributed by atoms with E-state index < -0.39 is 0 Å². The Morgan fingerprint density at radius 2 is 1.97 bits per heavy atom. The average Bonchev–Trinajstić information content (AvgIpc) is 3.57. The summed E-state index contributed by atoms with van der Waals surface area (Å²) in [6.45, 7) is 4.54. The van der Waals surface area contributed by atoms with Crippen molar-refractivity contribution in [2.45, 2.75) is 37.9 Å². The van der Waals surface area contributed by atoms with E-state index in [0.29, 0.717) is 17.4 Å². The molecule has 0 aliphatic carbocycles. The van der Waals surface area contributed by atoms with Gasteiger partial charge in [0.2, 0.25) is 0 Å². The van der Waals surface area contributed by atoms with Crippen LogP contribution < -0.4 is 5.32 Å². The number of aryl methyl sites for hydroxylation is 1. The van der Waals surface area contributed by atoms with E-state index >= 15 is 0 Å². The van der Waals surface area contributed by atoms with Gasteiger partial charge < -0.3 is 9.55 Å². The van der Waals surface area contributed by atoms with Gasteiger partial charge in [-0.2, -0.15) is 4.48 Å². The molecular weight excluding hydrogens is 446 g/mol. The molecule has 4 aromatic rings. The fraction of sp³-hybridized carbons (Fsp3) is 0.269. The fourth-order valence-corrected chi connectivity index (χ4v) is 5.63. The number of anilines is 1. The molecule has 1 unspecified atom stereocenters. The van der Waals surface area contributed by atoms with E-state index in [1.54, 1.807) is 0 Å². The van der Waals surface area contributed by atoms with Gasteiger partial charge in [-0.25, -0.2) is 14.6 Å². The lowest BCUT2D eigenvalue weighted by Gasteiger charge is -2.33. The molecule has 1 aliphatic rings. The number of nitrogens with one attached hydrogen (secondary N) is 2. The Labute approximate surface area is 202 Å². The second-order valence-corrected chi connectivity index (χ2v) is 9.83. The zero-order chi connectivity index (χ0) is 23.7. The summed E-state index contributed by atoms with van der Waals surface area (Å²) in [5.41, 5.74) is 4.53. The highest BCUT2D eigenvalue weighted by Gasteiger charge is 2.52. The minimum absolute atomic E-state index is 0.0786. The summed E-state index contributed by atoms with van der Waals surface area (Å²) in [7, 11) is 0. The second kappa shape index (κ2) is 9.12. The van der Waals surface area contributed by atoms with Gasteiger partial charge in [0.05, 0.1) is 29.0 Å². The number of rotatable bonds is 5. The number of carbonyl (C=O) groups excluding carboxylic acids is 2. The van der Waals surface area contributed by atoms with Crippen LogP contribution in [0.25, 0.3) is 16.7 Å². The molecule has 0 radical (unpaired) electrons. The predicted molar refractivity (Wildman–Crippen MR) is 135 cm³/mol. The molecule has 1 saturated heterocycles. The number of aromatic amines is 1. The van der Waals surface area contributed by atoms with Crippen LogP contribution >= 0.6 is 11.8 Å². The Kier molecular flexibility index (Phi) is 6.02. The number of thioether (sulfide) groups is 1. The van der Waals surface area contributed by atoms with E-state index in [4.69, 9.17) is 0 Å². The highest BCUT2D eigenvalue weighted by Crippen LogP contribution is 2.32. The van der Waals surface area contributed by atoms with E-state index in [2.05, 4.69) is 15.3 Å². The number of H-pyrrole nitrogens is 1. The van der Waals surface area contributed by atoms with Crippen LogP contribution in [0.1, 0.15) is 25.3 Å². The van der Waals surface area contributed by atoms with Crippen LogP contribution in [-0.2, 0) is 4.79 Å². The number of imidazole rings is 1. The number of urea groups is 1. The first-order valence-electron chi connectivity index (χ1n) is 11.5. The van der Waals surface area contributed by atoms with Crippen molar-refractivity contribution < 1.29 is 14.1 Å². The number of amides is 3. The maximum atomic E-state index is 13.7. The van der Waals surface area contributed by atoms with Gasteiger partial charge in [-0.3, -0.25) is 5.32 Å². The quantitative estimate of drug-likeness (QED) is 0.295. The molecule has 0 bridgehead atoms. The highest BCUT2D eigenvalue weighted by atomic mass is 32.2. The number of likely N-dealkylation sites (tertiary alicyclic amines) is 1. The number of quaternary nitrogens is 1. The van der Waals surface area contributed by atoms with Crippen molar-refractivity contribution in [1.29, 1.82) is 0 Å². The lowest BCUT2D eigenvalue weighted by molar-refractivity contribution is -0.781. The first-order valence-corrected chi connectivity index (χ1v) is 12.5. The van der Waals surface area contributed by atoms with Gasteiger partial charge >= 0.3 is 11.9 Å². The summed E-state index contributed by atoms with van der Waals surface area (Å²) in [6, 6.07) is 17.2. The lowest BCUT2D eigenvalue weighted by Crippen LogP contribution is -2.61. The van der Waals surface area contributed by atoms with Crippen molar-refractivity contribution in [2.24, 2.45) is 0 Å². The number of nitrogens with zero attached hydrogens (tertiary/aromatic N) is 3. The van der Waals surface area contributed by atoms with E-state index in [1.807, 2.05) is 85.4 Å². The Bertz CT molecular complexity index is 1350. The minimum Gasteiger partial charge on any atom is -0.333 e. The Morgan fingerprint density at radius 1 is 1.18 bits per heavy atom. The van der Waals surface area contributed by atoms with Crippen molar-refractivity contribution in [1.82, 2.24) is 14.5 Å². The maximum Gasteiger partial charge on any atom is 0.428 e. The third-order valence-electron chi connectivity index (χ3n) is 6.67. The summed E-state index contributed by atoms with van der Waals surface area (Å²) in [5.74, 6) is 0.0816. The van der Waals surface area contributed by atoms with Gasteiger partial charge in [0.1, 0.15) is 11.8 Å². The second-order valence-electron chi connectivity index (χ2n) is 8.87. The molecule has 0 spiro atoms. The number of carbonyl (C=O) groups is 2. The molecule has 2 aromatic carbocycles. The fourth-order valence-electron chi connectivity index (χ4n) is 4.79. The summed E-state index contributed by atoms with van der Waals surface area (Å²) in [5, 5.41) is 3.77. The van der Waals surface area contributed by atoms with E-state index in [0.717, 1.165) is 35.1 Å². The monoisotopic (exact) mass is 474 g/mol. The van der Waals surface area contributed by atoms with Gasteiger partial charge in [-0.05, 0) is 55.8 Å². The third-order valence-corrected chi connectivity index (χ3v) is 7.53. The molecule has 3 heterocycles. The Hall–Kier alpha value is -3.36. The highest BCUT2D eigenvalue weighted by molar-refractivity contribution is 7.99. The van der Waals surface area contributed by atoms with E-state index in [1.165, 1.54) is 11.8 Å². The van der Waals surface area contributed by atoms with Gasteiger partial charge in [0.15, 0.2) is 5.16 Å². The smallest absolute Gasteiger partial charge is 0.333 e. The van der Waals surface area contributed by atoms with Crippen LogP contribution in [0.2, 0.25) is 0 Å². The molecule has 2 N–H and O–H groups in total. The van der Waals surface area contributed by atoms with E-state index in [-0.39, 0.29) is 28.2 Å². The molecule has 174 valence electrons. The summed E-state index contributed by atoms with van der Waals surface area (Å²) in [6.07, 6.45) is 5.55. The van der Waals surface area contributed by atoms with Crippen molar-refractivity contribution in [3.8, 4) is 5.69 Å². The predicted octanol–water partition coefficient (Wildman–Crippen LogP) is 5.51. The third kappa shape index (κ3) is 4.03. The number of benzene rings is 2. The van der Waals surface area contributed by atoms with Gasteiger partial charge in [-0.15, -0.1) is 0 Å². The molecule has 0 saturated carbocycles. The van der Waals surface area contributed by atoms with Crippen LogP contribution in [0.3, 0.4) is 0 Å². The standard InChI is InChI=1S/C26H27N5O2S/c1-18-11-12-20-22(16-18)28-25(27-20)34-17-24(32)31(15-7-8-19(31)2)26(33)29-21-9-3-4-10-23(21)30-13-5-6-14-30/h3-6,9-14,16,19H,7-8,15,17H2,1-2H3,(H-,27,28,29,33)/p+1/t19-,31?/m1/s1.